The van der Waals surface area contributed by atoms with Gasteiger partial charge in [0.05, 0.1) is 23.4 Å². The molecule has 1 aromatic heterocycles. The van der Waals surface area contributed by atoms with Crippen LogP contribution in [-0.2, 0) is 9.47 Å². The Bertz CT molecular complexity index is 860. The van der Waals surface area contributed by atoms with Crippen LogP contribution in [0.1, 0.15) is 17.3 Å². The molecule has 0 saturated carbocycles. The Kier molecular flexibility index (Phi) is 6.31. The lowest BCUT2D eigenvalue weighted by atomic mass is 10.2. The number of esters is 1. The van der Waals surface area contributed by atoms with E-state index in [9.17, 15) is 4.79 Å². The Labute approximate surface area is 146 Å². The van der Waals surface area contributed by atoms with Gasteiger partial charge in [0.15, 0.2) is 0 Å². The molecule has 1 aromatic carbocycles. The van der Waals surface area contributed by atoms with Crippen LogP contribution in [0.5, 0.6) is 0 Å². The number of allylic oxidation sites excluding steroid dienone is 2. The van der Waals surface area contributed by atoms with E-state index in [2.05, 4.69) is 11.6 Å². The average molecular weight is 339 g/mol. The van der Waals surface area contributed by atoms with Crippen LogP contribution < -0.4 is 5.73 Å². The maximum atomic E-state index is 12.5. The van der Waals surface area contributed by atoms with E-state index in [1.165, 1.54) is 13.4 Å². The fourth-order valence-electron chi connectivity index (χ4n) is 2.33. The Hall–Kier alpha value is -3.12. The number of benzene rings is 1. The number of aliphatic imine (C=N–C) groups is 1. The predicted molar refractivity (Wildman–Crippen MR) is 100 cm³/mol. The summed E-state index contributed by atoms with van der Waals surface area (Å²) in [5.74, 6) is 0.168. The first-order valence-electron chi connectivity index (χ1n) is 7.68. The molecule has 0 fully saturated rings. The van der Waals surface area contributed by atoms with Gasteiger partial charge in [-0.25, -0.2) is 9.79 Å². The fourth-order valence-corrected chi connectivity index (χ4v) is 2.33. The molecule has 0 unspecified atom stereocenters. The number of aromatic nitrogens is 1. The van der Waals surface area contributed by atoms with Gasteiger partial charge in [0.25, 0.3) is 0 Å². The second kappa shape index (κ2) is 8.65. The summed E-state index contributed by atoms with van der Waals surface area (Å²) in [4.78, 5) is 16.8. The Morgan fingerprint density at radius 1 is 1.40 bits per heavy atom. The monoisotopic (exact) mass is 339 g/mol. The number of carbonyl (C=O) groups is 1. The van der Waals surface area contributed by atoms with Crippen LogP contribution in [0, 0.1) is 0 Å². The van der Waals surface area contributed by atoms with Crippen LogP contribution in [0.25, 0.3) is 16.7 Å². The third-order valence-corrected chi connectivity index (χ3v) is 3.38. The van der Waals surface area contributed by atoms with Gasteiger partial charge >= 0.3 is 5.97 Å². The van der Waals surface area contributed by atoms with E-state index in [0.717, 1.165) is 10.9 Å². The molecule has 0 atom stereocenters. The molecule has 0 aliphatic heterocycles. The average Bonchev–Trinajstić information content (AvgIpc) is 3.00. The van der Waals surface area contributed by atoms with Crippen LogP contribution in [0.2, 0.25) is 0 Å². The molecule has 0 aliphatic carbocycles. The molecule has 2 aromatic rings. The van der Waals surface area contributed by atoms with E-state index in [1.807, 2.05) is 41.8 Å². The highest BCUT2D eigenvalue weighted by atomic mass is 16.5. The molecular weight excluding hydrogens is 318 g/mol. The van der Waals surface area contributed by atoms with E-state index < -0.39 is 5.97 Å². The summed E-state index contributed by atoms with van der Waals surface area (Å²) in [6.07, 6.45) is 7.93. The minimum absolute atomic E-state index is 0.189. The van der Waals surface area contributed by atoms with Crippen molar-refractivity contribution in [1.82, 2.24) is 4.57 Å². The maximum absolute atomic E-state index is 12.5. The van der Waals surface area contributed by atoms with Gasteiger partial charge in [-0.2, -0.15) is 0 Å². The lowest BCUT2D eigenvalue weighted by Gasteiger charge is -2.04. The van der Waals surface area contributed by atoms with E-state index in [1.54, 1.807) is 18.5 Å². The van der Waals surface area contributed by atoms with Crippen molar-refractivity contribution in [2.24, 2.45) is 10.7 Å². The Morgan fingerprint density at radius 2 is 2.16 bits per heavy atom. The number of rotatable bonds is 7. The lowest BCUT2D eigenvalue weighted by molar-refractivity contribution is 0.0659. The number of hydrogen-bond donors (Lipinski definition) is 1. The zero-order chi connectivity index (χ0) is 18.2. The van der Waals surface area contributed by atoms with Gasteiger partial charge in [0.2, 0.25) is 0 Å². The summed E-state index contributed by atoms with van der Waals surface area (Å²) >= 11 is 0. The standard InChI is InChI=1S/C19H21N3O3/c1-4-10-21-18(5-2)22-11-16(15-8-6-7-9-17(15)22)19(23)25-13-14(20)12-24-3/h4-11,13H,1,12,20H2,2-3H3/b14-13+,18-5+,21-10-. The molecule has 0 spiro atoms. The lowest BCUT2D eigenvalue weighted by Crippen LogP contribution is -2.08. The van der Waals surface area contributed by atoms with Gasteiger partial charge < -0.3 is 19.8 Å². The molecule has 0 aliphatic rings. The number of para-hydroxylation sites is 1. The zero-order valence-electron chi connectivity index (χ0n) is 14.3. The van der Waals surface area contributed by atoms with Crippen molar-refractivity contribution in [3.05, 3.63) is 66.7 Å². The predicted octanol–water partition coefficient (Wildman–Crippen LogP) is 3.32. The van der Waals surface area contributed by atoms with Gasteiger partial charge in [0, 0.05) is 24.9 Å². The van der Waals surface area contributed by atoms with E-state index in [-0.39, 0.29) is 6.61 Å². The number of nitrogens with zero attached hydrogens (tertiary/aromatic N) is 2. The maximum Gasteiger partial charge on any atom is 0.345 e. The van der Waals surface area contributed by atoms with Crippen molar-refractivity contribution in [1.29, 1.82) is 0 Å². The number of nitrogens with two attached hydrogens (primary N) is 1. The summed E-state index contributed by atoms with van der Waals surface area (Å²) in [5.41, 5.74) is 7.26. The van der Waals surface area contributed by atoms with Gasteiger partial charge in [0.1, 0.15) is 12.1 Å². The molecular formula is C19H21N3O3. The van der Waals surface area contributed by atoms with Gasteiger partial charge in [-0.1, -0.05) is 30.9 Å². The first kappa shape index (κ1) is 18.2. The Morgan fingerprint density at radius 3 is 2.84 bits per heavy atom. The van der Waals surface area contributed by atoms with Gasteiger partial charge in [-0.15, -0.1) is 0 Å². The van der Waals surface area contributed by atoms with Gasteiger partial charge in [-0.3, -0.25) is 0 Å². The summed E-state index contributed by atoms with van der Waals surface area (Å²) in [5, 5.41) is 0.763. The Balaban J connectivity index is 2.45. The van der Waals surface area contributed by atoms with Crippen LogP contribution in [0.3, 0.4) is 0 Å². The van der Waals surface area contributed by atoms with Crippen LogP contribution in [-0.4, -0.2) is 30.5 Å². The third-order valence-electron chi connectivity index (χ3n) is 3.38. The highest BCUT2D eigenvalue weighted by molar-refractivity contribution is 6.05. The normalized spacial score (nSPS) is 12.7. The van der Waals surface area contributed by atoms with Crippen LogP contribution in [0.15, 0.2) is 66.1 Å². The van der Waals surface area contributed by atoms with Crippen LogP contribution >= 0.6 is 0 Å². The summed E-state index contributed by atoms with van der Waals surface area (Å²) < 4.78 is 11.9. The van der Waals surface area contributed by atoms with Crippen molar-refractivity contribution in [3.63, 3.8) is 0 Å². The number of hydrogen-bond acceptors (Lipinski definition) is 5. The largest absolute Gasteiger partial charge is 0.429 e. The molecule has 130 valence electrons. The van der Waals surface area contributed by atoms with Crippen molar-refractivity contribution < 1.29 is 14.3 Å². The molecule has 6 heteroatoms. The second-order valence-corrected chi connectivity index (χ2v) is 5.12. The van der Waals surface area contributed by atoms with Crippen molar-refractivity contribution in [3.8, 4) is 0 Å². The van der Waals surface area contributed by atoms with Crippen molar-refractivity contribution in [2.45, 2.75) is 6.92 Å². The number of carbonyl (C=O) groups excluding carboxylic acids is 1. The van der Waals surface area contributed by atoms with Crippen molar-refractivity contribution in [2.75, 3.05) is 13.7 Å². The topological polar surface area (TPSA) is 78.8 Å². The highest BCUT2D eigenvalue weighted by Crippen LogP contribution is 2.25. The van der Waals surface area contributed by atoms with Crippen molar-refractivity contribution >= 4 is 28.9 Å². The van der Waals surface area contributed by atoms with E-state index in [4.69, 9.17) is 15.2 Å². The molecule has 0 amide bonds. The molecule has 1 heterocycles. The molecule has 2 N–H and O–H groups in total. The van der Waals surface area contributed by atoms with E-state index >= 15 is 0 Å². The third kappa shape index (κ3) is 4.24. The number of ether oxygens (including phenoxy) is 2. The SMILES string of the molecule is C=C/C=N\C(=C/C)n1cc(C(=O)O/C=C(/N)COC)c2ccccc21. The second-order valence-electron chi connectivity index (χ2n) is 5.12. The summed E-state index contributed by atoms with van der Waals surface area (Å²) in [6, 6.07) is 7.53. The molecule has 2 rings (SSSR count). The molecule has 0 radical (unpaired) electrons. The summed E-state index contributed by atoms with van der Waals surface area (Å²) in [6.45, 7) is 5.68. The fraction of sp³-hybridized carbons (Fsp3) is 0.158. The molecule has 6 nitrogen and oxygen atoms in total. The quantitative estimate of drug-likeness (QED) is 0.477. The van der Waals surface area contributed by atoms with Crippen LogP contribution in [0.4, 0.5) is 0 Å². The van der Waals surface area contributed by atoms with Gasteiger partial charge in [-0.05, 0) is 19.1 Å². The first-order chi connectivity index (χ1) is 12.1. The molecule has 25 heavy (non-hydrogen) atoms. The zero-order valence-corrected chi connectivity index (χ0v) is 14.3. The minimum atomic E-state index is -0.503. The molecule has 0 bridgehead atoms. The highest BCUT2D eigenvalue weighted by Gasteiger charge is 2.17. The molecule has 0 saturated heterocycles. The summed E-state index contributed by atoms with van der Waals surface area (Å²) in [7, 11) is 1.51. The smallest absolute Gasteiger partial charge is 0.345 e. The van der Waals surface area contributed by atoms with E-state index in [0.29, 0.717) is 17.1 Å². The first-order valence-corrected chi connectivity index (χ1v) is 7.68. The number of fused-ring (bicyclic) bond motifs is 1. The minimum Gasteiger partial charge on any atom is -0.429 e. The number of methoxy groups -OCH3 is 1.